The zero-order chi connectivity index (χ0) is 15.0. The van der Waals surface area contributed by atoms with E-state index in [1.54, 1.807) is 0 Å². The van der Waals surface area contributed by atoms with E-state index in [0.29, 0.717) is 0 Å². The molecular weight excluding hydrogens is 236 g/mol. The molecule has 0 aromatic rings. The predicted octanol–water partition coefficient (Wildman–Crippen LogP) is -4.59. The summed E-state index contributed by atoms with van der Waals surface area (Å²) in [6.07, 6.45) is 0.111. The largest absolute Gasteiger partial charge is 0.550 e. The second-order valence-electron chi connectivity index (χ2n) is 2.20. The van der Waals surface area contributed by atoms with E-state index >= 15 is 0 Å². The lowest BCUT2D eigenvalue weighted by atomic mass is 10.5. The highest BCUT2D eigenvalue weighted by Crippen LogP contribution is 1.61. The first kappa shape index (κ1) is 24.2. The summed E-state index contributed by atoms with van der Waals surface area (Å²) < 4.78 is 0. The fourth-order valence-corrected chi connectivity index (χ4v) is 0. The van der Waals surface area contributed by atoms with Gasteiger partial charge in [-0.05, 0) is 27.2 Å². The van der Waals surface area contributed by atoms with Crippen LogP contribution in [0.1, 0.15) is 34.1 Å². The third-order valence-electron chi connectivity index (χ3n) is 0.289. The molecule has 0 fully saturated rings. The molecule has 0 spiro atoms. The Morgan fingerprint density at radius 3 is 0.765 bits per heavy atom. The van der Waals surface area contributed by atoms with Gasteiger partial charge >= 0.3 is 0 Å². The molecule has 0 unspecified atom stereocenters. The molecule has 0 rings (SSSR count). The Balaban J connectivity index is -0.0000000667. The summed E-state index contributed by atoms with van der Waals surface area (Å²) in [5, 5.41) is 35.9. The molecule has 0 radical (unpaired) electrons. The Hall–Kier alpha value is -2.12. The van der Waals surface area contributed by atoms with Crippen LogP contribution in [0.5, 0.6) is 0 Å². The van der Waals surface area contributed by atoms with Gasteiger partial charge in [-0.1, -0.05) is 6.92 Å². The minimum Gasteiger partial charge on any atom is -0.550 e. The molecule has 8 heteroatoms. The molecule has 0 saturated heterocycles. The van der Waals surface area contributed by atoms with Crippen molar-refractivity contribution in [3.8, 4) is 0 Å². The highest BCUT2D eigenvalue weighted by Gasteiger charge is 1.65. The molecule has 0 heterocycles. The van der Waals surface area contributed by atoms with Crippen molar-refractivity contribution in [1.29, 1.82) is 0 Å². The normalized spacial score (nSPS) is 6.59. The molecule has 0 aliphatic carbocycles. The second-order valence-corrected chi connectivity index (χ2v) is 2.20. The van der Waals surface area contributed by atoms with Crippen LogP contribution >= 0.6 is 0 Å². The van der Waals surface area contributed by atoms with Crippen molar-refractivity contribution >= 4 is 23.9 Å². The molecule has 0 atom stereocenters. The number of aliphatic carboxylic acids is 4. The molecule has 0 aromatic heterocycles. The second kappa shape index (κ2) is 19.5. The number of carboxylic acid groups (broad SMARTS) is 4. The minimum atomic E-state index is -1.08. The first-order valence-electron chi connectivity index (χ1n) is 4.19. The van der Waals surface area contributed by atoms with E-state index in [1.165, 1.54) is 6.92 Å². The van der Waals surface area contributed by atoms with Gasteiger partial charge in [0.2, 0.25) is 0 Å². The van der Waals surface area contributed by atoms with Gasteiger partial charge in [0.05, 0.1) is 0 Å². The molecule has 0 aliphatic rings. The summed E-state index contributed by atoms with van der Waals surface area (Å²) in [6.45, 7) is 4.45. The van der Waals surface area contributed by atoms with Gasteiger partial charge in [-0.2, -0.15) is 0 Å². The lowest BCUT2D eigenvalue weighted by molar-refractivity contribution is -0.306. The molecule has 0 bridgehead atoms. The van der Waals surface area contributed by atoms with Crippen LogP contribution < -0.4 is 20.4 Å². The number of carbonyl (C=O) groups is 4. The van der Waals surface area contributed by atoms with Gasteiger partial charge < -0.3 is 39.6 Å². The maximum Gasteiger partial charge on any atom is 0.0411 e. The van der Waals surface area contributed by atoms with E-state index in [4.69, 9.17) is 29.7 Å². The quantitative estimate of drug-likeness (QED) is 0.449. The minimum absolute atomic E-state index is 0.111. The summed E-state index contributed by atoms with van der Waals surface area (Å²) in [5.41, 5.74) is 0. The fraction of sp³-hybridized carbons (Fsp3) is 0.556. The summed E-state index contributed by atoms with van der Waals surface area (Å²) in [4.78, 5) is 35.9. The number of hydrogen-bond donors (Lipinski definition) is 0. The smallest absolute Gasteiger partial charge is 0.0411 e. The Bertz CT molecular complexity index is 193. The van der Waals surface area contributed by atoms with Crippen molar-refractivity contribution in [1.82, 2.24) is 0 Å². The zero-order valence-corrected chi connectivity index (χ0v) is 9.97. The Kier molecular flexibility index (Phi) is 27.7. The van der Waals surface area contributed by atoms with Crippen molar-refractivity contribution in [2.75, 3.05) is 0 Å². The first-order chi connectivity index (χ1) is 7.47. The van der Waals surface area contributed by atoms with Gasteiger partial charge in [0.1, 0.15) is 0 Å². The molecular formula is C9H14O8-4. The molecule has 0 N–H and O–H groups in total. The summed E-state index contributed by atoms with van der Waals surface area (Å²) in [7, 11) is 0. The number of hydrogen-bond acceptors (Lipinski definition) is 8. The maximum absolute atomic E-state index is 9.26. The van der Waals surface area contributed by atoms with E-state index in [2.05, 4.69) is 0 Å². The topological polar surface area (TPSA) is 161 Å². The Morgan fingerprint density at radius 1 is 0.706 bits per heavy atom. The molecule has 8 nitrogen and oxygen atoms in total. The van der Waals surface area contributed by atoms with Crippen LogP contribution in [0.2, 0.25) is 0 Å². The van der Waals surface area contributed by atoms with Gasteiger partial charge in [0.25, 0.3) is 0 Å². The van der Waals surface area contributed by atoms with Gasteiger partial charge in [0, 0.05) is 23.9 Å². The highest BCUT2D eigenvalue weighted by atomic mass is 16.4. The number of rotatable bonds is 1. The van der Waals surface area contributed by atoms with Crippen LogP contribution in [0.4, 0.5) is 0 Å². The number of carboxylic acids is 4. The first-order valence-corrected chi connectivity index (χ1v) is 4.19. The highest BCUT2D eigenvalue weighted by molar-refractivity contribution is 5.63. The van der Waals surface area contributed by atoms with Crippen LogP contribution in [0.3, 0.4) is 0 Å². The average Bonchev–Trinajstić information content (AvgIpc) is 2.00. The van der Waals surface area contributed by atoms with Crippen molar-refractivity contribution in [3.63, 3.8) is 0 Å². The van der Waals surface area contributed by atoms with Crippen LogP contribution in [0, 0.1) is 0 Å². The molecule has 0 aliphatic heterocycles. The fourth-order valence-electron chi connectivity index (χ4n) is 0. The summed E-state index contributed by atoms with van der Waals surface area (Å²) in [6, 6.07) is 0. The standard InChI is InChI=1S/C3H6O2.3C2H4O2/c1-2-3(4)5;3*1-2(3)4/h2H2,1H3,(H,4,5);3*1H3,(H,3,4)/p-4. The number of carbonyl (C=O) groups excluding carboxylic acids is 4. The molecule has 0 aromatic carbocycles. The molecule has 17 heavy (non-hydrogen) atoms. The molecule has 102 valence electrons. The average molecular weight is 250 g/mol. The third-order valence-corrected chi connectivity index (χ3v) is 0.289. The molecule has 0 amide bonds. The van der Waals surface area contributed by atoms with E-state index in [0.717, 1.165) is 20.8 Å². The predicted molar refractivity (Wildman–Crippen MR) is 47.3 cm³/mol. The zero-order valence-electron chi connectivity index (χ0n) is 9.97. The van der Waals surface area contributed by atoms with Crippen molar-refractivity contribution in [2.24, 2.45) is 0 Å². The summed E-state index contributed by atoms with van der Waals surface area (Å²) >= 11 is 0. The van der Waals surface area contributed by atoms with Gasteiger partial charge in [-0.3, -0.25) is 0 Å². The summed E-state index contributed by atoms with van der Waals surface area (Å²) in [5.74, 6) is -4.25. The SMILES string of the molecule is CC(=O)[O-].CC(=O)[O-].CC(=O)[O-].CCC(=O)[O-]. The lowest BCUT2D eigenvalue weighted by Gasteiger charge is -1.87. The van der Waals surface area contributed by atoms with Crippen LogP contribution in [-0.4, -0.2) is 23.9 Å². The Morgan fingerprint density at radius 2 is 0.765 bits per heavy atom. The van der Waals surface area contributed by atoms with Crippen molar-refractivity contribution in [2.45, 2.75) is 34.1 Å². The van der Waals surface area contributed by atoms with Crippen LogP contribution in [-0.2, 0) is 19.2 Å². The Labute approximate surface area is 98.5 Å². The lowest BCUT2D eigenvalue weighted by Crippen LogP contribution is -2.19. The van der Waals surface area contributed by atoms with Crippen LogP contribution in [0.25, 0.3) is 0 Å². The van der Waals surface area contributed by atoms with Gasteiger partial charge in [-0.25, -0.2) is 0 Å². The van der Waals surface area contributed by atoms with Gasteiger partial charge in [-0.15, -0.1) is 0 Å². The van der Waals surface area contributed by atoms with E-state index < -0.39 is 23.9 Å². The van der Waals surface area contributed by atoms with Gasteiger partial charge in [0.15, 0.2) is 0 Å². The van der Waals surface area contributed by atoms with E-state index in [-0.39, 0.29) is 6.42 Å². The third kappa shape index (κ3) is 136000. The van der Waals surface area contributed by atoms with E-state index in [9.17, 15) is 9.90 Å². The van der Waals surface area contributed by atoms with Crippen LogP contribution in [0.15, 0.2) is 0 Å². The van der Waals surface area contributed by atoms with E-state index in [1.807, 2.05) is 0 Å². The van der Waals surface area contributed by atoms with Crippen molar-refractivity contribution in [3.05, 3.63) is 0 Å². The monoisotopic (exact) mass is 250 g/mol. The van der Waals surface area contributed by atoms with Crippen molar-refractivity contribution < 1.29 is 39.6 Å². The molecule has 0 saturated carbocycles. The maximum atomic E-state index is 9.26.